The summed E-state index contributed by atoms with van der Waals surface area (Å²) in [6, 6.07) is 2.82. The van der Waals surface area contributed by atoms with Gasteiger partial charge in [0.15, 0.2) is 0 Å². The molecule has 1 saturated heterocycles. The van der Waals surface area contributed by atoms with Crippen LogP contribution >= 0.6 is 11.3 Å². The van der Waals surface area contributed by atoms with Gasteiger partial charge in [0.1, 0.15) is 6.10 Å². The third kappa shape index (κ3) is 1.40. The second-order valence-corrected chi connectivity index (χ2v) is 5.00. The molecular formula is C11H15NOS. The van der Waals surface area contributed by atoms with Gasteiger partial charge in [-0.05, 0) is 42.8 Å². The third-order valence-corrected chi connectivity index (χ3v) is 4.19. The molecule has 14 heavy (non-hydrogen) atoms. The number of nitrogens with one attached hydrogen (secondary N) is 1. The van der Waals surface area contributed by atoms with E-state index >= 15 is 0 Å². The van der Waals surface area contributed by atoms with Gasteiger partial charge >= 0.3 is 0 Å². The Balaban J connectivity index is 1.88. The van der Waals surface area contributed by atoms with Crippen LogP contribution in [0.3, 0.4) is 0 Å². The van der Waals surface area contributed by atoms with E-state index < -0.39 is 0 Å². The highest BCUT2D eigenvalue weighted by Crippen LogP contribution is 2.36. The number of rotatable bonds is 1. The molecule has 2 atom stereocenters. The van der Waals surface area contributed by atoms with E-state index in [1.807, 2.05) is 11.3 Å². The van der Waals surface area contributed by atoms with E-state index in [1.54, 1.807) is 0 Å². The second kappa shape index (κ2) is 3.65. The second-order valence-electron chi connectivity index (χ2n) is 4.05. The van der Waals surface area contributed by atoms with Gasteiger partial charge < -0.3 is 10.1 Å². The lowest BCUT2D eigenvalue weighted by atomic mass is 10.0. The highest BCUT2D eigenvalue weighted by atomic mass is 32.1. The van der Waals surface area contributed by atoms with Crippen LogP contribution in [0.2, 0.25) is 0 Å². The molecule has 0 amide bonds. The van der Waals surface area contributed by atoms with Crippen molar-refractivity contribution < 1.29 is 4.74 Å². The molecule has 0 aliphatic carbocycles. The van der Waals surface area contributed by atoms with Gasteiger partial charge in [0.2, 0.25) is 0 Å². The molecule has 1 aromatic heterocycles. The Morgan fingerprint density at radius 2 is 2.50 bits per heavy atom. The zero-order chi connectivity index (χ0) is 9.38. The topological polar surface area (TPSA) is 21.3 Å². The fourth-order valence-corrected chi connectivity index (χ4v) is 3.51. The number of fused-ring (bicyclic) bond motifs is 1. The number of ether oxygens (including phenoxy) is 1. The lowest BCUT2D eigenvalue weighted by molar-refractivity contribution is 0.0229. The van der Waals surface area contributed by atoms with Crippen LogP contribution in [0.4, 0.5) is 0 Å². The van der Waals surface area contributed by atoms with E-state index in [-0.39, 0.29) is 0 Å². The first-order valence-corrected chi connectivity index (χ1v) is 6.24. The van der Waals surface area contributed by atoms with Gasteiger partial charge in [0.05, 0.1) is 6.61 Å². The highest BCUT2D eigenvalue weighted by molar-refractivity contribution is 7.10. The number of hydrogen-bond donors (Lipinski definition) is 1. The summed E-state index contributed by atoms with van der Waals surface area (Å²) in [6.07, 6.45) is 4.00. The fourth-order valence-electron chi connectivity index (χ4n) is 2.44. The summed E-state index contributed by atoms with van der Waals surface area (Å²) in [7, 11) is 0. The van der Waals surface area contributed by atoms with Crippen LogP contribution in [-0.4, -0.2) is 19.2 Å². The Hall–Kier alpha value is -0.380. The molecule has 0 unspecified atom stereocenters. The minimum absolute atomic E-state index is 0.334. The zero-order valence-electron chi connectivity index (χ0n) is 8.16. The van der Waals surface area contributed by atoms with Crippen molar-refractivity contribution in [1.82, 2.24) is 5.32 Å². The lowest BCUT2D eigenvalue weighted by Gasteiger charge is -2.28. The fraction of sp³-hybridized carbons (Fsp3) is 0.636. The van der Waals surface area contributed by atoms with Crippen LogP contribution in [0, 0.1) is 0 Å². The maximum absolute atomic E-state index is 5.89. The molecule has 0 radical (unpaired) electrons. The monoisotopic (exact) mass is 209 g/mol. The Morgan fingerprint density at radius 1 is 1.50 bits per heavy atom. The molecule has 0 saturated carbocycles. The molecule has 2 aliphatic heterocycles. The van der Waals surface area contributed by atoms with Gasteiger partial charge in [-0.2, -0.15) is 0 Å². The van der Waals surface area contributed by atoms with E-state index in [9.17, 15) is 0 Å². The van der Waals surface area contributed by atoms with Crippen LogP contribution in [0.15, 0.2) is 11.4 Å². The van der Waals surface area contributed by atoms with Gasteiger partial charge in [0.25, 0.3) is 0 Å². The normalized spacial score (nSPS) is 31.7. The van der Waals surface area contributed by atoms with E-state index in [2.05, 4.69) is 16.8 Å². The molecule has 1 aromatic rings. The average molecular weight is 209 g/mol. The maximum Gasteiger partial charge on any atom is 0.107 e. The molecule has 3 heteroatoms. The Morgan fingerprint density at radius 3 is 3.36 bits per heavy atom. The molecule has 1 N–H and O–H groups in total. The highest BCUT2D eigenvalue weighted by Gasteiger charge is 2.31. The molecular weight excluding hydrogens is 194 g/mol. The average Bonchev–Trinajstić information content (AvgIpc) is 2.88. The molecule has 0 bridgehead atoms. The molecule has 0 spiro atoms. The maximum atomic E-state index is 5.89. The van der Waals surface area contributed by atoms with Gasteiger partial charge in [0, 0.05) is 10.9 Å². The molecule has 76 valence electrons. The summed E-state index contributed by atoms with van der Waals surface area (Å²) in [5.74, 6) is 0. The predicted molar refractivity (Wildman–Crippen MR) is 57.7 cm³/mol. The largest absolute Gasteiger partial charge is 0.371 e. The van der Waals surface area contributed by atoms with Crippen LogP contribution in [0.1, 0.15) is 29.4 Å². The van der Waals surface area contributed by atoms with Crippen molar-refractivity contribution in [2.45, 2.75) is 31.4 Å². The van der Waals surface area contributed by atoms with Gasteiger partial charge in [-0.1, -0.05) is 0 Å². The quantitative estimate of drug-likeness (QED) is 0.765. The van der Waals surface area contributed by atoms with Crippen LogP contribution in [0.25, 0.3) is 0 Å². The van der Waals surface area contributed by atoms with E-state index in [0.717, 1.165) is 19.6 Å². The summed E-state index contributed by atoms with van der Waals surface area (Å²) in [6.45, 7) is 2.05. The van der Waals surface area contributed by atoms with Gasteiger partial charge in [-0.3, -0.25) is 0 Å². The first-order chi connectivity index (χ1) is 6.95. The van der Waals surface area contributed by atoms with E-state index in [4.69, 9.17) is 4.74 Å². The smallest absolute Gasteiger partial charge is 0.107 e. The van der Waals surface area contributed by atoms with Crippen molar-refractivity contribution in [3.63, 3.8) is 0 Å². The first-order valence-electron chi connectivity index (χ1n) is 5.36. The minimum Gasteiger partial charge on any atom is -0.371 e. The molecule has 3 heterocycles. The minimum atomic E-state index is 0.334. The van der Waals surface area contributed by atoms with Crippen LogP contribution < -0.4 is 5.32 Å². The molecule has 3 rings (SSSR count). The molecule has 2 nitrogen and oxygen atoms in total. The first kappa shape index (κ1) is 8.89. The molecule has 0 aromatic carbocycles. The Kier molecular flexibility index (Phi) is 2.32. The van der Waals surface area contributed by atoms with Gasteiger partial charge in [-0.15, -0.1) is 11.3 Å². The summed E-state index contributed by atoms with van der Waals surface area (Å²) >= 11 is 1.86. The van der Waals surface area contributed by atoms with Crippen molar-refractivity contribution in [3.8, 4) is 0 Å². The van der Waals surface area contributed by atoms with Crippen molar-refractivity contribution in [2.24, 2.45) is 0 Å². The van der Waals surface area contributed by atoms with Gasteiger partial charge in [-0.25, -0.2) is 0 Å². The van der Waals surface area contributed by atoms with E-state index in [1.165, 1.54) is 23.3 Å². The molecule has 2 aliphatic rings. The van der Waals surface area contributed by atoms with Crippen molar-refractivity contribution in [2.75, 3.05) is 13.2 Å². The summed E-state index contributed by atoms with van der Waals surface area (Å²) in [4.78, 5) is 1.47. The SMILES string of the molecule is c1cc2c(s1)[C@@H]([C@H]1CCCN1)OCC2. The summed E-state index contributed by atoms with van der Waals surface area (Å²) in [5, 5.41) is 5.73. The van der Waals surface area contributed by atoms with Crippen molar-refractivity contribution in [1.29, 1.82) is 0 Å². The summed E-state index contributed by atoms with van der Waals surface area (Å²) in [5.41, 5.74) is 1.51. The number of hydrogen-bond acceptors (Lipinski definition) is 3. The third-order valence-electron chi connectivity index (χ3n) is 3.17. The number of thiophene rings is 1. The van der Waals surface area contributed by atoms with Crippen LogP contribution in [0.5, 0.6) is 0 Å². The Labute approximate surface area is 88.3 Å². The summed E-state index contributed by atoms with van der Waals surface area (Å²) < 4.78 is 5.89. The molecule has 1 fully saturated rings. The zero-order valence-corrected chi connectivity index (χ0v) is 8.98. The standard InChI is InChI=1S/C11H15NOS/c1-2-9(12-5-1)10-11-8(3-6-13-10)4-7-14-11/h4,7,9-10,12H,1-3,5-6H2/t9-,10-/m1/s1. The Bertz CT molecular complexity index is 317. The predicted octanol–water partition coefficient (Wildman–Crippen LogP) is 2.11. The lowest BCUT2D eigenvalue weighted by Crippen LogP contribution is -2.32. The van der Waals surface area contributed by atoms with Crippen molar-refractivity contribution >= 4 is 11.3 Å². The van der Waals surface area contributed by atoms with Crippen molar-refractivity contribution in [3.05, 3.63) is 21.9 Å². The van der Waals surface area contributed by atoms with Crippen LogP contribution in [-0.2, 0) is 11.2 Å². The van der Waals surface area contributed by atoms with E-state index in [0.29, 0.717) is 12.1 Å².